The second-order valence-corrected chi connectivity index (χ2v) is 3.66. The van der Waals surface area contributed by atoms with Crippen LogP contribution >= 0.6 is 0 Å². The summed E-state index contributed by atoms with van der Waals surface area (Å²) < 4.78 is 40.1. The van der Waals surface area contributed by atoms with E-state index in [0.717, 1.165) is 5.56 Å². The van der Waals surface area contributed by atoms with Gasteiger partial charge in [0.15, 0.2) is 0 Å². The van der Waals surface area contributed by atoms with E-state index in [-0.39, 0.29) is 18.1 Å². The quantitative estimate of drug-likeness (QED) is 0.790. The molecule has 0 aromatic carbocycles. The lowest BCUT2D eigenvalue weighted by molar-refractivity contribution is -0.306. The van der Waals surface area contributed by atoms with Crippen molar-refractivity contribution < 1.29 is 17.9 Å². The van der Waals surface area contributed by atoms with Gasteiger partial charge in [0, 0.05) is 24.7 Å². The third kappa shape index (κ3) is 3.34. The second-order valence-electron chi connectivity index (χ2n) is 3.66. The summed E-state index contributed by atoms with van der Waals surface area (Å²) in [6.45, 7) is 0. The van der Waals surface area contributed by atoms with Gasteiger partial charge in [0.25, 0.3) is 0 Å². The number of halogens is 3. The van der Waals surface area contributed by atoms with Gasteiger partial charge in [-0.25, -0.2) is 0 Å². The molecule has 0 saturated carbocycles. The molecule has 1 unspecified atom stereocenters. The fourth-order valence-corrected chi connectivity index (χ4v) is 1.71. The van der Waals surface area contributed by atoms with Crippen LogP contribution in [0.3, 0.4) is 0 Å². The molecular weight excluding hydrogens is 231 g/mol. The molecule has 17 heavy (non-hydrogen) atoms. The SMILES string of the molecule is FC(F)(F)OC1=CC=CC(c2ccncc2)C1. The second kappa shape index (κ2) is 4.61. The summed E-state index contributed by atoms with van der Waals surface area (Å²) in [5.74, 6) is -0.165. The van der Waals surface area contributed by atoms with Gasteiger partial charge in [-0.05, 0) is 23.8 Å². The minimum Gasteiger partial charge on any atom is -0.410 e. The van der Waals surface area contributed by atoms with Crippen molar-refractivity contribution in [2.75, 3.05) is 0 Å². The summed E-state index contributed by atoms with van der Waals surface area (Å²) >= 11 is 0. The monoisotopic (exact) mass is 241 g/mol. The zero-order chi connectivity index (χ0) is 12.3. The zero-order valence-electron chi connectivity index (χ0n) is 8.82. The Bertz CT molecular complexity index is 437. The van der Waals surface area contributed by atoms with Gasteiger partial charge in [0.05, 0.1) is 0 Å². The van der Waals surface area contributed by atoms with Gasteiger partial charge in [-0.15, -0.1) is 13.2 Å². The van der Waals surface area contributed by atoms with Crippen molar-refractivity contribution in [1.82, 2.24) is 4.98 Å². The molecular formula is C12H10F3NO. The average molecular weight is 241 g/mol. The number of ether oxygens (including phenoxy) is 1. The van der Waals surface area contributed by atoms with Crippen molar-refractivity contribution in [2.45, 2.75) is 18.7 Å². The molecule has 0 saturated heterocycles. The Hall–Kier alpha value is -1.78. The van der Waals surface area contributed by atoms with Crippen LogP contribution in [0.15, 0.2) is 48.5 Å². The van der Waals surface area contributed by atoms with Crippen LogP contribution in [-0.4, -0.2) is 11.3 Å². The van der Waals surface area contributed by atoms with Gasteiger partial charge in [0.1, 0.15) is 5.76 Å². The van der Waals surface area contributed by atoms with Crippen molar-refractivity contribution in [3.63, 3.8) is 0 Å². The molecule has 90 valence electrons. The van der Waals surface area contributed by atoms with Gasteiger partial charge in [-0.1, -0.05) is 12.2 Å². The Kier molecular flexibility index (Phi) is 3.17. The summed E-state index contributed by atoms with van der Waals surface area (Å²) in [5, 5.41) is 0. The number of hydrogen-bond donors (Lipinski definition) is 0. The van der Waals surface area contributed by atoms with E-state index in [9.17, 15) is 13.2 Å². The fourth-order valence-electron chi connectivity index (χ4n) is 1.71. The van der Waals surface area contributed by atoms with Gasteiger partial charge >= 0.3 is 6.36 Å². The minimum atomic E-state index is -4.63. The number of pyridine rings is 1. The standard InChI is InChI=1S/C12H10F3NO/c13-12(14,15)17-11-3-1-2-10(8-11)9-4-6-16-7-5-9/h1-7,10H,8H2. The van der Waals surface area contributed by atoms with Crippen LogP contribution in [0.25, 0.3) is 0 Å². The highest BCUT2D eigenvalue weighted by Crippen LogP contribution is 2.32. The van der Waals surface area contributed by atoms with Crippen molar-refractivity contribution in [1.29, 1.82) is 0 Å². The van der Waals surface area contributed by atoms with Crippen LogP contribution in [0.2, 0.25) is 0 Å². The lowest BCUT2D eigenvalue weighted by atomic mass is 9.92. The molecule has 0 spiro atoms. The van der Waals surface area contributed by atoms with E-state index >= 15 is 0 Å². The van der Waals surface area contributed by atoms with Crippen LogP contribution in [0.1, 0.15) is 17.9 Å². The Morgan fingerprint density at radius 2 is 1.94 bits per heavy atom. The average Bonchev–Trinajstić information content (AvgIpc) is 2.28. The number of nitrogens with zero attached hydrogens (tertiary/aromatic N) is 1. The molecule has 0 N–H and O–H groups in total. The highest BCUT2D eigenvalue weighted by atomic mass is 19.4. The van der Waals surface area contributed by atoms with E-state index in [0.29, 0.717) is 0 Å². The van der Waals surface area contributed by atoms with E-state index in [2.05, 4.69) is 9.72 Å². The molecule has 0 fully saturated rings. The summed E-state index contributed by atoms with van der Waals surface area (Å²) in [6.07, 6.45) is 3.58. The van der Waals surface area contributed by atoms with Crippen molar-refractivity contribution in [3.05, 3.63) is 54.1 Å². The molecule has 1 aliphatic rings. The number of aromatic nitrogens is 1. The van der Waals surface area contributed by atoms with Gasteiger partial charge in [-0.3, -0.25) is 4.98 Å². The zero-order valence-corrected chi connectivity index (χ0v) is 8.82. The maximum absolute atomic E-state index is 12.1. The number of hydrogen-bond acceptors (Lipinski definition) is 2. The van der Waals surface area contributed by atoms with E-state index in [1.54, 1.807) is 30.6 Å². The molecule has 2 nitrogen and oxygen atoms in total. The minimum absolute atomic E-state index is 0.0678. The fraction of sp³-hybridized carbons (Fsp3) is 0.250. The molecule has 0 amide bonds. The first-order chi connectivity index (χ1) is 8.04. The predicted octanol–water partition coefficient (Wildman–Crippen LogP) is 3.55. The van der Waals surface area contributed by atoms with E-state index in [1.165, 1.54) is 6.08 Å². The lowest BCUT2D eigenvalue weighted by Crippen LogP contribution is -2.15. The van der Waals surface area contributed by atoms with Crippen LogP contribution < -0.4 is 0 Å². The van der Waals surface area contributed by atoms with Crippen molar-refractivity contribution >= 4 is 0 Å². The van der Waals surface area contributed by atoms with E-state index in [1.807, 2.05) is 6.08 Å². The molecule has 0 aliphatic heterocycles. The molecule has 1 atom stereocenters. The Morgan fingerprint density at radius 3 is 2.59 bits per heavy atom. The topological polar surface area (TPSA) is 22.1 Å². The third-order valence-electron chi connectivity index (χ3n) is 2.43. The number of allylic oxidation sites excluding steroid dienone is 4. The summed E-state index contributed by atoms with van der Waals surface area (Å²) in [5.41, 5.74) is 0.924. The van der Waals surface area contributed by atoms with E-state index < -0.39 is 6.36 Å². The molecule has 0 radical (unpaired) electrons. The first kappa shape index (κ1) is 11.7. The first-order valence-electron chi connectivity index (χ1n) is 5.07. The maximum Gasteiger partial charge on any atom is 0.572 e. The molecule has 5 heteroatoms. The molecule has 1 heterocycles. The molecule has 1 aromatic rings. The molecule has 1 aliphatic carbocycles. The highest BCUT2D eigenvalue weighted by Gasteiger charge is 2.33. The Labute approximate surface area is 96.4 Å². The number of rotatable bonds is 2. The Balaban J connectivity index is 2.08. The van der Waals surface area contributed by atoms with Gasteiger partial charge < -0.3 is 4.74 Å². The normalized spacial score (nSPS) is 19.9. The molecule has 0 bridgehead atoms. The van der Waals surface area contributed by atoms with Crippen LogP contribution in [0.5, 0.6) is 0 Å². The van der Waals surface area contributed by atoms with Crippen molar-refractivity contribution in [3.8, 4) is 0 Å². The maximum atomic E-state index is 12.1. The summed E-state index contributed by atoms with van der Waals surface area (Å²) in [4.78, 5) is 3.87. The lowest BCUT2D eigenvalue weighted by Gasteiger charge is -2.20. The summed E-state index contributed by atoms with van der Waals surface area (Å²) in [7, 11) is 0. The van der Waals surface area contributed by atoms with Crippen molar-refractivity contribution in [2.24, 2.45) is 0 Å². The number of alkyl halides is 3. The molecule has 1 aromatic heterocycles. The van der Waals surface area contributed by atoms with Crippen LogP contribution in [0, 0.1) is 0 Å². The first-order valence-corrected chi connectivity index (χ1v) is 5.07. The third-order valence-corrected chi connectivity index (χ3v) is 2.43. The van der Waals surface area contributed by atoms with Gasteiger partial charge in [-0.2, -0.15) is 0 Å². The smallest absolute Gasteiger partial charge is 0.410 e. The largest absolute Gasteiger partial charge is 0.572 e. The van der Waals surface area contributed by atoms with Gasteiger partial charge in [0.2, 0.25) is 0 Å². The highest BCUT2D eigenvalue weighted by molar-refractivity contribution is 5.28. The van der Waals surface area contributed by atoms with Crippen LogP contribution in [-0.2, 0) is 4.74 Å². The summed E-state index contributed by atoms with van der Waals surface area (Å²) in [6, 6.07) is 3.57. The van der Waals surface area contributed by atoms with E-state index in [4.69, 9.17) is 0 Å². The van der Waals surface area contributed by atoms with Crippen LogP contribution in [0.4, 0.5) is 13.2 Å². The Morgan fingerprint density at radius 1 is 1.24 bits per heavy atom. The predicted molar refractivity (Wildman–Crippen MR) is 56.0 cm³/mol. The molecule has 2 rings (SSSR count).